The van der Waals surface area contributed by atoms with Gasteiger partial charge in [0.1, 0.15) is 0 Å². The van der Waals surface area contributed by atoms with Gasteiger partial charge in [0.15, 0.2) is 22.8 Å². The van der Waals surface area contributed by atoms with Crippen LogP contribution >= 0.6 is 0 Å². The molecule has 2 saturated heterocycles. The molecular formula is C26H30N8O2. The summed E-state index contributed by atoms with van der Waals surface area (Å²) in [6.45, 7) is 5.66. The Morgan fingerprint density at radius 3 is 2.53 bits per heavy atom. The number of benzene rings is 1. The third-order valence-corrected chi connectivity index (χ3v) is 7.00. The van der Waals surface area contributed by atoms with Gasteiger partial charge in [0.25, 0.3) is 0 Å². The van der Waals surface area contributed by atoms with Crippen molar-refractivity contribution < 1.29 is 9.84 Å². The summed E-state index contributed by atoms with van der Waals surface area (Å²) in [5.41, 5.74) is 4.30. The van der Waals surface area contributed by atoms with Crippen LogP contribution in [0.4, 0.5) is 5.82 Å². The fourth-order valence-electron chi connectivity index (χ4n) is 5.05. The SMILES string of the molecule is OCc1cncc(-c2nc(N3CCOCC3)c3nnn(C4CCN(Cc5ccccc5)CC4)c3n2)c1. The molecule has 4 aromatic rings. The van der Waals surface area contributed by atoms with E-state index in [1.54, 1.807) is 12.4 Å². The van der Waals surface area contributed by atoms with Crippen LogP contribution in [0.25, 0.3) is 22.6 Å². The molecule has 10 nitrogen and oxygen atoms in total. The first-order chi connectivity index (χ1) is 17.8. The summed E-state index contributed by atoms with van der Waals surface area (Å²) in [5.74, 6) is 1.34. The minimum atomic E-state index is -0.0829. The number of pyridine rings is 1. The zero-order chi connectivity index (χ0) is 24.3. The lowest BCUT2D eigenvalue weighted by atomic mass is 10.0. The molecule has 0 radical (unpaired) electrons. The van der Waals surface area contributed by atoms with Crippen LogP contribution in [-0.2, 0) is 17.9 Å². The van der Waals surface area contributed by atoms with Crippen molar-refractivity contribution in [1.82, 2.24) is 34.8 Å². The monoisotopic (exact) mass is 486 g/mol. The second-order valence-electron chi connectivity index (χ2n) is 9.41. The second-order valence-corrected chi connectivity index (χ2v) is 9.41. The zero-order valence-corrected chi connectivity index (χ0v) is 20.2. The van der Waals surface area contributed by atoms with E-state index in [1.807, 2.05) is 10.7 Å². The van der Waals surface area contributed by atoms with Crippen LogP contribution in [0.15, 0.2) is 48.8 Å². The Bertz CT molecular complexity index is 1310. The number of anilines is 1. The molecule has 2 aliphatic heterocycles. The third kappa shape index (κ3) is 4.67. The highest BCUT2D eigenvalue weighted by molar-refractivity contribution is 5.85. The number of likely N-dealkylation sites (tertiary alicyclic amines) is 1. The van der Waals surface area contributed by atoms with Crippen molar-refractivity contribution in [2.75, 3.05) is 44.3 Å². The summed E-state index contributed by atoms with van der Waals surface area (Å²) in [5, 5.41) is 18.7. The number of aliphatic hydroxyl groups excluding tert-OH is 1. The van der Waals surface area contributed by atoms with Crippen molar-refractivity contribution in [1.29, 1.82) is 0 Å². The summed E-state index contributed by atoms with van der Waals surface area (Å²) < 4.78 is 7.56. The molecule has 5 heterocycles. The molecule has 36 heavy (non-hydrogen) atoms. The van der Waals surface area contributed by atoms with Crippen LogP contribution in [0.5, 0.6) is 0 Å². The van der Waals surface area contributed by atoms with E-state index in [-0.39, 0.29) is 12.6 Å². The van der Waals surface area contributed by atoms with E-state index in [1.165, 1.54) is 5.56 Å². The van der Waals surface area contributed by atoms with Crippen molar-refractivity contribution in [2.45, 2.75) is 32.0 Å². The third-order valence-electron chi connectivity index (χ3n) is 7.00. The fraction of sp³-hybridized carbons (Fsp3) is 0.423. The van der Waals surface area contributed by atoms with Gasteiger partial charge in [-0.05, 0) is 30.0 Å². The van der Waals surface area contributed by atoms with Crippen LogP contribution in [0.3, 0.4) is 0 Å². The number of hydrogen-bond donors (Lipinski definition) is 1. The molecule has 0 aliphatic carbocycles. The van der Waals surface area contributed by atoms with E-state index in [2.05, 4.69) is 55.4 Å². The van der Waals surface area contributed by atoms with Gasteiger partial charge in [-0.25, -0.2) is 14.6 Å². The predicted molar refractivity (Wildman–Crippen MR) is 135 cm³/mol. The van der Waals surface area contributed by atoms with Gasteiger partial charge < -0.3 is 14.7 Å². The van der Waals surface area contributed by atoms with E-state index in [4.69, 9.17) is 14.7 Å². The van der Waals surface area contributed by atoms with Gasteiger partial charge >= 0.3 is 0 Å². The van der Waals surface area contributed by atoms with Gasteiger partial charge in [-0.2, -0.15) is 0 Å². The van der Waals surface area contributed by atoms with Crippen molar-refractivity contribution >= 4 is 17.0 Å². The normalized spacial score (nSPS) is 17.6. The van der Waals surface area contributed by atoms with Crippen molar-refractivity contribution in [3.8, 4) is 11.4 Å². The van der Waals surface area contributed by atoms with E-state index >= 15 is 0 Å². The first-order valence-electron chi connectivity index (χ1n) is 12.6. The Labute approximate surface area is 209 Å². The fourth-order valence-corrected chi connectivity index (χ4v) is 5.05. The first kappa shape index (κ1) is 23.0. The van der Waals surface area contributed by atoms with Crippen molar-refractivity contribution in [3.05, 3.63) is 59.9 Å². The smallest absolute Gasteiger partial charge is 0.184 e. The number of hydrogen-bond acceptors (Lipinski definition) is 9. The molecule has 0 unspecified atom stereocenters. The Morgan fingerprint density at radius 1 is 0.944 bits per heavy atom. The Hall–Kier alpha value is -3.47. The second kappa shape index (κ2) is 10.3. The number of aliphatic hydroxyl groups is 1. The van der Waals surface area contributed by atoms with E-state index < -0.39 is 0 Å². The Balaban J connectivity index is 1.32. The highest BCUT2D eigenvalue weighted by atomic mass is 16.5. The molecule has 3 aromatic heterocycles. The molecule has 10 heteroatoms. The van der Waals surface area contributed by atoms with E-state index in [0.29, 0.717) is 19.0 Å². The number of fused-ring (bicyclic) bond motifs is 1. The first-order valence-corrected chi connectivity index (χ1v) is 12.6. The van der Waals surface area contributed by atoms with Crippen LogP contribution in [-0.4, -0.2) is 79.3 Å². The van der Waals surface area contributed by atoms with Gasteiger partial charge in [-0.15, -0.1) is 5.10 Å². The number of aromatic nitrogens is 6. The standard InChI is InChI=1S/C26H30N8O2/c35-18-20-14-21(16-27-15-20)24-28-25(33-10-12-36-13-11-33)23-26(29-24)34(31-30-23)22-6-8-32(9-7-22)17-19-4-2-1-3-5-19/h1-5,14-16,22,35H,6-13,17-18H2. The molecule has 0 spiro atoms. The van der Waals surface area contributed by atoms with Gasteiger partial charge in [0.2, 0.25) is 0 Å². The molecule has 1 N–H and O–H groups in total. The highest BCUT2D eigenvalue weighted by Crippen LogP contribution is 2.31. The van der Waals surface area contributed by atoms with Crippen LogP contribution in [0.1, 0.15) is 30.0 Å². The van der Waals surface area contributed by atoms with E-state index in [9.17, 15) is 5.11 Å². The quantitative estimate of drug-likeness (QED) is 0.440. The predicted octanol–water partition coefficient (Wildman–Crippen LogP) is 2.45. The molecule has 2 aliphatic rings. The number of ether oxygens (including phenoxy) is 1. The lowest BCUT2D eigenvalue weighted by Crippen LogP contribution is -2.37. The molecule has 0 atom stereocenters. The molecule has 2 fully saturated rings. The lowest BCUT2D eigenvalue weighted by Gasteiger charge is -2.32. The molecule has 0 bridgehead atoms. The summed E-state index contributed by atoms with van der Waals surface area (Å²) >= 11 is 0. The maximum Gasteiger partial charge on any atom is 0.184 e. The molecular weight excluding hydrogens is 456 g/mol. The average molecular weight is 487 g/mol. The summed E-state index contributed by atoms with van der Waals surface area (Å²) in [7, 11) is 0. The average Bonchev–Trinajstić information content (AvgIpc) is 3.38. The van der Waals surface area contributed by atoms with Gasteiger partial charge in [-0.1, -0.05) is 35.5 Å². The summed E-state index contributed by atoms with van der Waals surface area (Å²) in [6, 6.07) is 12.7. The van der Waals surface area contributed by atoms with Crippen molar-refractivity contribution in [2.24, 2.45) is 0 Å². The lowest BCUT2D eigenvalue weighted by molar-refractivity contribution is 0.122. The van der Waals surface area contributed by atoms with Crippen molar-refractivity contribution in [3.63, 3.8) is 0 Å². The summed E-state index contributed by atoms with van der Waals surface area (Å²) in [6.07, 6.45) is 5.36. The van der Waals surface area contributed by atoms with Gasteiger partial charge in [0.05, 0.1) is 25.9 Å². The van der Waals surface area contributed by atoms with Crippen LogP contribution in [0.2, 0.25) is 0 Å². The highest BCUT2D eigenvalue weighted by Gasteiger charge is 2.27. The Kier molecular flexibility index (Phi) is 6.54. The number of piperidine rings is 1. The van der Waals surface area contributed by atoms with Gasteiger partial charge in [0, 0.05) is 50.7 Å². The Morgan fingerprint density at radius 2 is 1.75 bits per heavy atom. The molecule has 186 valence electrons. The van der Waals surface area contributed by atoms with Gasteiger partial charge in [-0.3, -0.25) is 9.88 Å². The minimum absolute atomic E-state index is 0.0829. The zero-order valence-electron chi connectivity index (χ0n) is 20.2. The summed E-state index contributed by atoms with van der Waals surface area (Å²) in [4.78, 5) is 18.8. The molecule has 0 saturated carbocycles. The number of morpholine rings is 1. The largest absolute Gasteiger partial charge is 0.392 e. The topological polar surface area (TPSA) is 105 Å². The number of nitrogens with zero attached hydrogens (tertiary/aromatic N) is 8. The maximum absolute atomic E-state index is 9.60. The minimum Gasteiger partial charge on any atom is -0.392 e. The van der Waals surface area contributed by atoms with Crippen LogP contribution < -0.4 is 4.90 Å². The number of rotatable bonds is 6. The van der Waals surface area contributed by atoms with Crippen LogP contribution in [0, 0.1) is 0 Å². The van der Waals surface area contributed by atoms with E-state index in [0.717, 1.165) is 73.7 Å². The molecule has 1 aromatic carbocycles. The maximum atomic E-state index is 9.60. The molecule has 0 amide bonds. The molecule has 6 rings (SSSR count).